The molecule has 0 unspecified atom stereocenters. The van der Waals surface area contributed by atoms with Crippen LogP contribution in [0.5, 0.6) is 0 Å². The summed E-state index contributed by atoms with van der Waals surface area (Å²) in [5.41, 5.74) is 0. The van der Waals surface area contributed by atoms with Crippen molar-refractivity contribution in [1.82, 2.24) is 4.90 Å². The molecule has 1 rings (SSSR count). The molecule has 0 aromatic rings. The molecule has 1 aliphatic rings. The molecular weight excluding hydrogens is 206 g/mol. The van der Waals surface area contributed by atoms with Gasteiger partial charge in [-0.05, 0) is 0 Å². The molecule has 8 heteroatoms. The van der Waals surface area contributed by atoms with Crippen molar-refractivity contribution in [3.05, 3.63) is 0 Å². The molecule has 1 aliphatic heterocycles. The van der Waals surface area contributed by atoms with Gasteiger partial charge in [-0.15, -0.1) is 0 Å². The van der Waals surface area contributed by atoms with Crippen LogP contribution in [0.2, 0.25) is 0 Å². The summed E-state index contributed by atoms with van der Waals surface area (Å²) in [6.45, 7) is 0. The SMILES string of the molecule is O=C1CSC(=O)N1CS(=O)(=O)O. The molecular formula is C4H5NO5S2. The van der Waals surface area contributed by atoms with Gasteiger partial charge in [0.05, 0.1) is 5.75 Å². The van der Waals surface area contributed by atoms with E-state index >= 15 is 0 Å². The summed E-state index contributed by atoms with van der Waals surface area (Å²) >= 11 is 0.716. The van der Waals surface area contributed by atoms with Gasteiger partial charge in [-0.1, -0.05) is 11.8 Å². The van der Waals surface area contributed by atoms with E-state index < -0.39 is 27.1 Å². The van der Waals surface area contributed by atoms with Gasteiger partial charge in [0.25, 0.3) is 15.4 Å². The second kappa shape index (κ2) is 3.04. The van der Waals surface area contributed by atoms with E-state index in [9.17, 15) is 18.0 Å². The number of rotatable bonds is 2. The summed E-state index contributed by atoms with van der Waals surface area (Å²) in [5, 5.41) is -0.641. The number of hydrogen-bond acceptors (Lipinski definition) is 5. The summed E-state index contributed by atoms with van der Waals surface area (Å²) in [7, 11) is -4.30. The predicted molar refractivity (Wildman–Crippen MR) is 41.1 cm³/mol. The van der Waals surface area contributed by atoms with Gasteiger partial charge in [-0.2, -0.15) is 8.42 Å². The topological polar surface area (TPSA) is 91.8 Å². The monoisotopic (exact) mass is 211 g/mol. The first-order valence-corrected chi connectivity index (χ1v) is 5.42. The minimum Gasteiger partial charge on any atom is -0.284 e. The van der Waals surface area contributed by atoms with Crippen molar-refractivity contribution in [1.29, 1.82) is 0 Å². The quantitative estimate of drug-likeness (QED) is 0.620. The Labute approximate surface area is 72.7 Å². The number of carbonyl (C=O) groups excluding carboxylic acids is 2. The zero-order valence-electron chi connectivity index (χ0n) is 5.76. The fourth-order valence-electron chi connectivity index (χ4n) is 0.669. The molecule has 0 atom stereocenters. The van der Waals surface area contributed by atoms with Gasteiger partial charge < -0.3 is 0 Å². The van der Waals surface area contributed by atoms with Crippen LogP contribution in [0.3, 0.4) is 0 Å². The van der Waals surface area contributed by atoms with Crippen molar-refractivity contribution < 1.29 is 22.6 Å². The van der Waals surface area contributed by atoms with Crippen molar-refractivity contribution in [3.8, 4) is 0 Å². The zero-order valence-corrected chi connectivity index (χ0v) is 7.39. The molecule has 6 nitrogen and oxygen atoms in total. The van der Waals surface area contributed by atoms with Crippen LogP contribution in [0, 0.1) is 0 Å². The number of thioether (sulfide) groups is 1. The second-order valence-electron chi connectivity index (χ2n) is 2.09. The van der Waals surface area contributed by atoms with Gasteiger partial charge in [-0.3, -0.25) is 19.0 Å². The van der Waals surface area contributed by atoms with Crippen molar-refractivity contribution >= 4 is 33.0 Å². The average molecular weight is 211 g/mol. The average Bonchev–Trinajstić information content (AvgIpc) is 2.16. The molecule has 12 heavy (non-hydrogen) atoms. The van der Waals surface area contributed by atoms with Crippen LogP contribution in [0.25, 0.3) is 0 Å². The van der Waals surface area contributed by atoms with Crippen molar-refractivity contribution in [2.45, 2.75) is 0 Å². The Morgan fingerprint density at radius 3 is 2.42 bits per heavy atom. The Bertz CT molecular complexity index is 304. The summed E-state index contributed by atoms with van der Waals surface area (Å²) < 4.78 is 28.9. The van der Waals surface area contributed by atoms with Gasteiger partial charge in [0.1, 0.15) is 0 Å². The van der Waals surface area contributed by atoms with E-state index in [4.69, 9.17) is 4.55 Å². The van der Waals surface area contributed by atoms with Gasteiger partial charge in [-0.25, -0.2) is 0 Å². The highest BCUT2D eigenvalue weighted by Crippen LogP contribution is 2.18. The molecule has 0 radical (unpaired) electrons. The smallest absolute Gasteiger partial charge is 0.284 e. The molecule has 68 valence electrons. The van der Waals surface area contributed by atoms with Crippen molar-refractivity contribution in [2.75, 3.05) is 11.6 Å². The third-order valence-electron chi connectivity index (χ3n) is 1.13. The molecule has 0 bridgehead atoms. The van der Waals surface area contributed by atoms with Gasteiger partial charge in [0, 0.05) is 0 Å². The maximum atomic E-state index is 10.8. The fourth-order valence-corrected chi connectivity index (χ4v) is 2.06. The molecule has 1 saturated heterocycles. The molecule has 1 N–H and O–H groups in total. The highest BCUT2D eigenvalue weighted by molar-refractivity contribution is 8.14. The molecule has 0 saturated carbocycles. The van der Waals surface area contributed by atoms with Crippen LogP contribution in [0.15, 0.2) is 0 Å². The van der Waals surface area contributed by atoms with Crippen molar-refractivity contribution in [3.63, 3.8) is 0 Å². The number of carbonyl (C=O) groups is 2. The summed E-state index contributed by atoms with van der Waals surface area (Å²) in [6, 6.07) is 0. The minimum absolute atomic E-state index is 0.0612. The first-order chi connectivity index (χ1) is 5.40. The number of amides is 2. The van der Waals surface area contributed by atoms with E-state index in [1.54, 1.807) is 0 Å². The van der Waals surface area contributed by atoms with E-state index in [1.165, 1.54) is 0 Å². The summed E-state index contributed by atoms with van der Waals surface area (Å²) in [4.78, 5) is 22.0. The summed E-state index contributed by atoms with van der Waals surface area (Å²) in [6.07, 6.45) is 0. The lowest BCUT2D eigenvalue weighted by Crippen LogP contribution is -2.33. The molecule has 2 amide bonds. The first-order valence-electron chi connectivity index (χ1n) is 2.82. The lowest BCUT2D eigenvalue weighted by atomic mass is 10.6. The molecule has 0 aliphatic carbocycles. The van der Waals surface area contributed by atoms with Gasteiger partial charge in [0.2, 0.25) is 5.91 Å². The fraction of sp³-hybridized carbons (Fsp3) is 0.500. The maximum Gasteiger partial charge on any atom is 0.289 e. The maximum absolute atomic E-state index is 10.8. The second-order valence-corrected chi connectivity index (χ2v) is 4.44. The highest BCUT2D eigenvalue weighted by atomic mass is 32.2. The summed E-state index contributed by atoms with van der Waals surface area (Å²) in [5.74, 6) is -1.60. The van der Waals surface area contributed by atoms with E-state index in [2.05, 4.69) is 0 Å². The first kappa shape index (κ1) is 9.49. The van der Waals surface area contributed by atoms with E-state index in [1.807, 2.05) is 0 Å². The molecule has 0 aromatic carbocycles. The number of imide groups is 1. The van der Waals surface area contributed by atoms with E-state index in [0.717, 1.165) is 0 Å². The molecule has 1 fully saturated rings. The third kappa shape index (κ3) is 2.19. The minimum atomic E-state index is -4.30. The van der Waals surface area contributed by atoms with Gasteiger partial charge >= 0.3 is 0 Å². The highest BCUT2D eigenvalue weighted by Gasteiger charge is 2.32. The molecule has 0 spiro atoms. The van der Waals surface area contributed by atoms with Crippen LogP contribution >= 0.6 is 11.8 Å². The lowest BCUT2D eigenvalue weighted by molar-refractivity contribution is -0.124. The van der Waals surface area contributed by atoms with Crippen LogP contribution < -0.4 is 0 Å². The predicted octanol–water partition coefficient (Wildman–Crippen LogP) is -0.473. The van der Waals surface area contributed by atoms with Crippen LogP contribution in [-0.4, -0.2) is 40.6 Å². The molecule has 0 aromatic heterocycles. The van der Waals surface area contributed by atoms with Crippen molar-refractivity contribution in [2.24, 2.45) is 0 Å². The van der Waals surface area contributed by atoms with Crippen LogP contribution in [0.4, 0.5) is 4.79 Å². The zero-order chi connectivity index (χ0) is 9.35. The van der Waals surface area contributed by atoms with Gasteiger partial charge in [0.15, 0.2) is 5.88 Å². The van der Waals surface area contributed by atoms with E-state index in [0.29, 0.717) is 16.7 Å². The Morgan fingerprint density at radius 1 is 1.50 bits per heavy atom. The number of hydrogen-bond donors (Lipinski definition) is 1. The number of nitrogens with zero attached hydrogens (tertiary/aromatic N) is 1. The van der Waals surface area contributed by atoms with E-state index in [-0.39, 0.29) is 5.75 Å². The van der Waals surface area contributed by atoms with Crippen LogP contribution in [0.1, 0.15) is 0 Å². The Kier molecular flexibility index (Phi) is 2.40. The Balaban J connectivity index is 2.76. The van der Waals surface area contributed by atoms with Crippen LogP contribution in [-0.2, 0) is 14.9 Å². The third-order valence-corrected chi connectivity index (χ3v) is 2.58. The standard InChI is InChI=1S/C4H5NO5S2/c6-3-1-11-4(7)5(3)2-12(8,9)10/h1-2H2,(H,8,9,10). The Morgan fingerprint density at radius 2 is 2.08 bits per heavy atom. The normalized spacial score (nSPS) is 18.9. The molecule has 1 heterocycles. The lowest BCUT2D eigenvalue weighted by Gasteiger charge is -2.08. The largest absolute Gasteiger partial charge is 0.289 e. The Hall–Kier alpha value is -0.600.